The number of nitrogens with one attached hydrogen (secondary N) is 1. The first-order chi connectivity index (χ1) is 10.2. The fraction of sp³-hybridized carbons (Fsp3) is 0.647. The number of piperazine rings is 1. The van der Waals surface area contributed by atoms with Crippen LogP contribution in [0.1, 0.15) is 38.8 Å². The third-order valence-electron chi connectivity index (χ3n) is 4.38. The Bertz CT molecular complexity index is 454. The molecule has 0 radical (unpaired) electrons. The minimum absolute atomic E-state index is 0. The van der Waals surface area contributed by atoms with E-state index < -0.39 is 0 Å². The summed E-state index contributed by atoms with van der Waals surface area (Å²) in [5, 5.41) is 14.0. The van der Waals surface area contributed by atoms with Gasteiger partial charge in [0, 0.05) is 37.8 Å². The van der Waals surface area contributed by atoms with Crippen LogP contribution in [-0.2, 0) is 0 Å². The van der Waals surface area contributed by atoms with Gasteiger partial charge in [0.1, 0.15) is 0 Å². The molecule has 1 saturated heterocycles. The molecule has 1 aromatic rings. The summed E-state index contributed by atoms with van der Waals surface area (Å²) in [6.07, 6.45) is 1.09. The van der Waals surface area contributed by atoms with E-state index in [0.717, 1.165) is 38.2 Å². The summed E-state index contributed by atoms with van der Waals surface area (Å²) in [5.74, 6) is 1.40. The SMILES string of the molecule is CCOc1cccc([C@H](C(C)CC)N2CCNCC2)c1O.Cl.Cl. The topological polar surface area (TPSA) is 44.7 Å². The molecule has 0 bridgehead atoms. The molecule has 134 valence electrons. The Morgan fingerprint density at radius 3 is 2.43 bits per heavy atom. The molecule has 1 unspecified atom stereocenters. The van der Waals surface area contributed by atoms with Gasteiger partial charge in [0.25, 0.3) is 0 Å². The number of hydrogen-bond acceptors (Lipinski definition) is 4. The number of rotatable bonds is 6. The van der Waals surface area contributed by atoms with Crippen molar-refractivity contribution in [1.82, 2.24) is 10.2 Å². The smallest absolute Gasteiger partial charge is 0.162 e. The lowest BCUT2D eigenvalue weighted by molar-refractivity contribution is 0.125. The predicted molar refractivity (Wildman–Crippen MR) is 100 cm³/mol. The number of phenols is 1. The first kappa shape index (κ1) is 22.3. The van der Waals surface area contributed by atoms with Crippen LogP contribution < -0.4 is 10.1 Å². The molecule has 1 aliphatic heterocycles. The van der Waals surface area contributed by atoms with Crippen molar-refractivity contribution in [2.24, 2.45) is 5.92 Å². The molecule has 2 rings (SSSR count). The molecule has 6 heteroatoms. The summed E-state index contributed by atoms with van der Waals surface area (Å²) >= 11 is 0. The third kappa shape index (κ3) is 5.42. The maximum absolute atomic E-state index is 10.6. The van der Waals surface area contributed by atoms with E-state index in [0.29, 0.717) is 24.0 Å². The van der Waals surface area contributed by atoms with Crippen LogP contribution in [0.25, 0.3) is 0 Å². The van der Waals surface area contributed by atoms with Crippen molar-refractivity contribution >= 4 is 24.8 Å². The van der Waals surface area contributed by atoms with E-state index in [-0.39, 0.29) is 30.9 Å². The summed E-state index contributed by atoms with van der Waals surface area (Å²) in [4.78, 5) is 2.48. The van der Waals surface area contributed by atoms with Crippen molar-refractivity contribution in [3.05, 3.63) is 23.8 Å². The van der Waals surface area contributed by atoms with Gasteiger partial charge < -0.3 is 15.2 Å². The van der Waals surface area contributed by atoms with Gasteiger partial charge in [0.15, 0.2) is 11.5 Å². The van der Waals surface area contributed by atoms with Gasteiger partial charge in [-0.15, -0.1) is 24.8 Å². The molecule has 1 aromatic carbocycles. The summed E-state index contributed by atoms with van der Waals surface area (Å²) in [5.41, 5.74) is 0.997. The maximum atomic E-state index is 10.6. The largest absolute Gasteiger partial charge is 0.504 e. The molecule has 1 heterocycles. The van der Waals surface area contributed by atoms with Crippen LogP contribution in [0, 0.1) is 5.92 Å². The molecule has 2 N–H and O–H groups in total. The Morgan fingerprint density at radius 1 is 1.22 bits per heavy atom. The Labute approximate surface area is 152 Å². The standard InChI is InChI=1S/C17H28N2O2.2ClH/c1-4-13(3)16(19-11-9-18-10-12-19)14-7-6-8-15(17(14)20)21-5-2;;/h6-8,13,16,18,20H,4-5,9-12H2,1-3H3;2*1H/t13?,16-;;/m0../s1. The van der Waals surface area contributed by atoms with Gasteiger partial charge in [-0.05, 0) is 18.9 Å². The highest BCUT2D eigenvalue weighted by molar-refractivity contribution is 5.85. The summed E-state index contributed by atoms with van der Waals surface area (Å²) in [6.45, 7) is 11.0. The molecule has 0 aliphatic carbocycles. The zero-order valence-electron chi connectivity index (χ0n) is 14.2. The summed E-state index contributed by atoms with van der Waals surface area (Å²) in [7, 11) is 0. The Morgan fingerprint density at radius 2 is 1.87 bits per heavy atom. The molecule has 0 aromatic heterocycles. The number of halogens is 2. The summed E-state index contributed by atoms with van der Waals surface area (Å²) < 4.78 is 5.55. The average molecular weight is 365 g/mol. The second-order valence-electron chi connectivity index (χ2n) is 5.74. The van der Waals surface area contributed by atoms with E-state index >= 15 is 0 Å². The van der Waals surface area contributed by atoms with Gasteiger partial charge in [-0.25, -0.2) is 0 Å². The van der Waals surface area contributed by atoms with E-state index in [1.165, 1.54) is 0 Å². The van der Waals surface area contributed by atoms with Gasteiger partial charge in [-0.1, -0.05) is 32.4 Å². The zero-order chi connectivity index (χ0) is 15.2. The van der Waals surface area contributed by atoms with Crippen molar-refractivity contribution in [2.75, 3.05) is 32.8 Å². The highest BCUT2D eigenvalue weighted by Crippen LogP contribution is 2.40. The highest BCUT2D eigenvalue weighted by atomic mass is 35.5. The van der Waals surface area contributed by atoms with Crippen LogP contribution in [0.5, 0.6) is 11.5 Å². The van der Waals surface area contributed by atoms with E-state index in [9.17, 15) is 5.11 Å². The fourth-order valence-electron chi connectivity index (χ4n) is 3.10. The van der Waals surface area contributed by atoms with Crippen LogP contribution in [-0.4, -0.2) is 42.8 Å². The molecule has 0 amide bonds. The lowest BCUT2D eigenvalue weighted by Gasteiger charge is -2.38. The van der Waals surface area contributed by atoms with Crippen molar-refractivity contribution in [2.45, 2.75) is 33.2 Å². The summed E-state index contributed by atoms with van der Waals surface area (Å²) in [6, 6.07) is 6.11. The number of phenolic OH excluding ortho intramolecular Hbond substituents is 1. The molecule has 2 atom stereocenters. The Hall–Kier alpha value is -0.680. The van der Waals surface area contributed by atoms with Crippen molar-refractivity contribution in [3.8, 4) is 11.5 Å². The number of aromatic hydroxyl groups is 1. The number of para-hydroxylation sites is 1. The molecule has 4 nitrogen and oxygen atoms in total. The Kier molecular flexibility index (Phi) is 10.7. The van der Waals surface area contributed by atoms with Crippen LogP contribution in [0.15, 0.2) is 18.2 Å². The van der Waals surface area contributed by atoms with E-state index in [1.807, 2.05) is 25.1 Å². The lowest BCUT2D eigenvalue weighted by atomic mass is 9.89. The maximum Gasteiger partial charge on any atom is 0.162 e. The number of ether oxygens (including phenoxy) is 1. The quantitative estimate of drug-likeness (QED) is 0.808. The van der Waals surface area contributed by atoms with Crippen LogP contribution in [0.2, 0.25) is 0 Å². The van der Waals surface area contributed by atoms with E-state index in [4.69, 9.17) is 4.74 Å². The molecule has 1 aliphatic rings. The van der Waals surface area contributed by atoms with Crippen LogP contribution >= 0.6 is 24.8 Å². The van der Waals surface area contributed by atoms with Gasteiger partial charge in [0.2, 0.25) is 0 Å². The molecule has 0 saturated carbocycles. The van der Waals surface area contributed by atoms with Crippen molar-refractivity contribution in [1.29, 1.82) is 0 Å². The van der Waals surface area contributed by atoms with Gasteiger partial charge in [-0.2, -0.15) is 0 Å². The number of nitrogens with zero attached hydrogens (tertiary/aromatic N) is 1. The van der Waals surface area contributed by atoms with E-state index in [2.05, 4.69) is 24.1 Å². The monoisotopic (exact) mass is 364 g/mol. The van der Waals surface area contributed by atoms with Crippen molar-refractivity contribution < 1.29 is 9.84 Å². The first-order valence-electron chi connectivity index (χ1n) is 8.08. The molecule has 0 spiro atoms. The van der Waals surface area contributed by atoms with Gasteiger partial charge in [-0.3, -0.25) is 4.90 Å². The van der Waals surface area contributed by atoms with Crippen LogP contribution in [0.4, 0.5) is 0 Å². The second-order valence-corrected chi connectivity index (χ2v) is 5.74. The first-order valence-corrected chi connectivity index (χ1v) is 8.08. The zero-order valence-corrected chi connectivity index (χ0v) is 15.9. The van der Waals surface area contributed by atoms with Gasteiger partial charge in [0.05, 0.1) is 6.61 Å². The molecular formula is C17H30Cl2N2O2. The Balaban J connectivity index is 0.00000242. The second kappa shape index (κ2) is 11.0. The van der Waals surface area contributed by atoms with Crippen LogP contribution in [0.3, 0.4) is 0 Å². The minimum atomic E-state index is 0. The molecule has 23 heavy (non-hydrogen) atoms. The minimum Gasteiger partial charge on any atom is -0.504 e. The van der Waals surface area contributed by atoms with Gasteiger partial charge >= 0.3 is 0 Å². The molecular weight excluding hydrogens is 335 g/mol. The fourth-order valence-corrected chi connectivity index (χ4v) is 3.10. The average Bonchev–Trinajstić information content (AvgIpc) is 2.52. The normalized spacial score (nSPS) is 17.5. The highest BCUT2D eigenvalue weighted by Gasteiger charge is 2.29. The lowest BCUT2D eigenvalue weighted by Crippen LogP contribution is -2.46. The van der Waals surface area contributed by atoms with Crippen molar-refractivity contribution in [3.63, 3.8) is 0 Å². The van der Waals surface area contributed by atoms with E-state index in [1.54, 1.807) is 0 Å². The molecule has 1 fully saturated rings. The number of hydrogen-bond donors (Lipinski definition) is 2. The number of benzene rings is 1. The predicted octanol–water partition coefficient (Wildman–Crippen LogP) is 3.63. The third-order valence-corrected chi connectivity index (χ3v) is 4.38.